The molecule has 0 aromatic rings. The first-order valence-corrected chi connectivity index (χ1v) is 4.84. The maximum Gasteiger partial charge on any atom is 0.322 e. The highest BCUT2D eigenvalue weighted by atomic mass is 16.2. The Hall–Kier alpha value is -1.06. The molecular weight excluding hydrogens is 168 g/mol. The fraction of sp³-hybridized carbons (Fsp3) is 0.778. The molecule has 13 heavy (non-hydrogen) atoms. The van der Waals surface area contributed by atoms with E-state index in [1.807, 2.05) is 0 Å². The van der Waals surface area contributed by atoms with E-state index in [1.165, 1.54) is 6.42 Å². The Morgan fingerprint density at radius 1 is 1.31 bits per heavy atom. The second kappa shape index (κ2) is 2.05. The first kappa shape index (κ1) is 7.35. The van der Waals surface area contributed by atoms with E-state index in [0.29, 0.717) is 11.8 Å². The lowest BCUT2D eigenvalue weighted by Crippen LogP contribution is -2.51. The maximum atomic E-state index is 11.6. The molecule has 2 N–H and O–H groups in total. The van der Waals surface area contributed by atoms with Crippen molar-refractivity contribution in [2.24, 2.45) is 11.8 Å². The van der Waals surface area contributed by atoms with Gasteiger partial charge in [0.25, 0.3) is 5.91 Å². The van der Waals surface area contributed by atoms with E-state index in [-0.39, 0.29) is 11.9 Å². The summed E-state index contributed by atoms with van der Waals surface area (Å²) in [5.41, 5.74) is -0.514. The molecule has 1 heterocycles. The second-order valence-corrected chi connectivity index (χ2v) is 4.46. The number of carbonyl (C=O) groups is 2. The van der Waals surface area contributed by atoms with Crippen molar-refractivity contribution in [1.29, 1.82) is 0 Å². The number of hydrogen-bond donors (Lipinski definition) is 2. The van der Waals surface area contributed by atoms with Gasteiger partial charge in [-0.05, 0) is 37.5 Å². The lowest BCUT2D eigenvalue weighted by atomic mass is 9.81. The lowest BCUT2D eigenvalue weighted by Gasteiger charge is -2.30. The van der Waals surface area contributed by atoms with Crippen LogP contribution >= 0.6 is 0 Å². The van der Waals surface area contributed by atoms with Crippen LogP contribution in [0, 0.1) is 11.8 Å². The van der Waals surface area contributed by atoms with Crippen molar-refractivity contribution in [2.45, 2.75) is 31.2 Å². The van der Waals surface area contributed by atoms with Gasteiger partial charge in [0.2, 0.25) is 0 Å². The van der Waals surface area contributed by atoms with Crippen molar-refractivity contribution in [2.75, 3.05) is 0 Å². The van der Waals surface area contributed by atoms with Gasteiger partial charge in [0.05, 0.1) is 0 Å². The van der Waals surface area contributed by atoms with E-state index in [1.54, 1.807) is 0 Å². The van der Waals surface area contributed by atoms with Crippen LogP contribution in [0.5, 0.6) is 0 Å². The van der Waals surface area contributed by atoms with Crippen LogP contribution in [0.2, 0.25) is 0 Å². The normalized spacial score (nSPS) is 47.1. The molecule has 3 atom stereocenters. The van der Waals surface area contributed by atoms with Gasteiger partial charge in [0.15, 0.2) is 0 Å². The van der Waals surface area contributed by atoms with Crippen LogP contribution < -0.4 is 10.6 Å². The summed E-state index contributed by atoms with van der Waals surface area (Å²) in [7, 11) is 0. The zero-order valence-electron chi connectivity index (χ0n) is 7.30. The molecule has 0 aromatic heterocycles. The predicted molar refractivity (Wildman–Crippen MR) is 44.9 cm³/mol. The molecule has 3 unspecified atom stereocenters. The third-order valence-corrected chi connectivity index (χ3v) is 3.82. The Morgan fingerprint density at radius 3 is 2.62 bits per heavy atom. The zero-order chi connectivity index (χ0) is 9.05. The molecule has 3 rings (SSSR count). The maximum absolute atomic E-state index is 11.6. The minimum Gasteiger partial charge on any atom is -0.323 e. The minimum atomic E-state index is -0.514. The average molecular weight is 180 g/mol. The highest BCUT2D eigenvalue weighted by molar-refractivity contribution is 6.07. The highest BCUT2D eigenvalue weighted by Gasteiger charge is 2.59. The van der Waals surface area contributed by atoms with E-state index < -0.39 is 5.54 Å². The van der Waals surface area contributed by atoms with Gasteiger partial charge in [-0.3, -0.25) is 10.1 Å². The average Bonchev–Trinajstić information content (AvgIpc) is 2.68. The largest absolute Gasteiger partial charge is 0.323 e. The summed E-state index contributed by atoms with van der Waals surface area (Å²) in [6.45, 7) is 0. The summed E-state index contributed by atoms with van der Waals surface area (Å²) >= 11 is 0. The van der Waals surface area contributed by atoms with Gasteiger partial charge in [-0.2, -0.15) is 0 Å². The summed E-state index contributed by atoms with van der Waals surface area (Å²) in [6, 6.07) is -0.308. The molecule has 4 heteroatoms. The molecule has 2 aliphatic carbocycles. The number of fused-ring (bicyclic) bond motifs is 3. The first-order chi connectivity index (χ1) is 6.21. The van der Waals surface area contributed by atoms with Crippen molar-refractivity contribution < 1.29 is 9.59 Å². The molecule has 3 aliphatic rings. The summed E-state index contributed by atoms with van der Waals surface area (Å²) in [6.07, 6.45) is 4.30. The van der Waals surface area contributed by atoms with Crippen molar-refractivity contribution in [1.82, 2.24) is 10.6 Å². The Bertz CT molecular complexity index is 302. The summed E-state index contributed by atoms with van der Waals surface area (Å²) in [4.78, 5) is 22.7. The van der Waals surface area contributed by atoms with Crippen LogP contribution in [0.25, 0.3) is 0 Å². The van der Waals surface area contributed by atoms with Crippen LogP contribution in [0.15, 0.2) is 0 Å². The third kappa shape index (κ3) is 0.759. The van der Waals surface area contributed by atoms with Crippen molar-refractivity contribution in [3.8, 4) is 0 Å². The van der Waals surface area contributed by atoms with Gasteiger partial charge in [-0.15, -0.1) is 0 Å². The van der Waals surface area contributed by atoms with Crippen molar-refractivity contribution in [3.05, 3.63) is 0 Å². The van der Waals surface area contributed by atoms with Crippen LogP contribution in [-0.2, 0) is 4.79 Å². The number of nitrogens with one attached hydrogen (secondary N) is 2. The van der Waals surface area contributed by atoms with Gasteiger partial charge in [0, 0.05) is 0 Å². The van der Waals surface area contributed by atoms with Gasteiger partial charge in [-0.25, -0.2) is 4.79 Å². The fourth-order valence-electron chi connectivity index (χ4n) is 3.27. The molecule has 0 aromatic carbocycles. The topological polar surface area (TPSA) is 58.2 Å². The fourth-order valence-corrected chi connectivity index (χ4v) is 3.27. The molecule has 2 bridgehead atoms. The Balaban J connectivity index is 1.98. The van der Waals surface area contributed by atoms with Gasteiger partial charge >= 0.3 is 6.03 Å². The van der Waals surface area contributed by atoms with E-state index in [4.69, 9.17) is 0 Å². The van der Waals surface area contributed by atoms with Crippen LogP contribution in [0.3, 0.4) is 0 Å². The molecule has 1 spiro atoms. The lowest BCUT2D eigenvalue weighted by molar-refractivity contribution is -0.125. The highest BCUT2D eigenvalue weighted by Crippen LogP contribution is 2.51. The Labute approximate surface area is 76.1 Å². The molecule has 3 fully saturated rings. The Kier molecular flexibility index (Phi) is 1.16. The SMILES string of the molecule is O=C1NC(=O)C2(CC3CCC2C3)N1. The van der Waals surface area contributed by atoms with E-state index >= 15 is 0 Å². The van der Waals surface area contributed by atoms with E-state index in [2.05, 4.69) is 10.6 Å². The predicted octanol–water partition coefficient (Wildman–Crippen LogP) is 0.385. The van der Waals surface area contributed by atoms with E-state index in [9.17, 15) is 9.59 Å². The molecule has 0 radical (unpaired) electrons. The molecule has 1 aliphatic heterocycles. The molecule has 2 saturated carbocycles. The second-order valence-electron chi connectivity index (χ2n) is 4.46. The number of imide groups is 1. The minimum absolute atomic E-state index is 0.0929. The molecule has 3 amide bonds. The van der Waals surface area contributed by atoms with Crippen LogP contribution in [0.1, 0.15) is 25.7 Å². The standard InChI is InChI=1S/C9H12N2O2/c12-7-9(11-8(13)10-7)4-5-1-2-6(9)3-5/h5-6H,1-4H2,(H2,10,11,12,13). The van der Waals surface area contributed by atoms with Crippen LogP contribution in [-0.4, -0.2) is 17.5 Å². The molecular formula is C9H12N2O2. The monoisotopic (exact) mass is 180 g/mol. The quantitative estimate of drug-likeness (QED) is 0.530. The van der Waals surface area contributed by atoms with Crippen LogP contribution in [0.4, 0.5) is 4.79 Å². The Morgan fingerprint density at radius 2 is 2.15 bits per heavy atom. The van der Waals surface area contributed by atoms with Gasteiger partial charge in [-0.1, -0.05) is 0 Å². The summed E-state index contributed by atoms with van der Waals surface area (Å²) < 4.78 is 0. The number of carbonyl (C=O) groups excluding carboxylic acids is 2. The summed E-state index contributed by atoms with van der Waals surface area (Å²) in [5.74, 6) is 0.961. The number of hydrogen-bond acceptors (Lipinski definition) is 2. The molecule has 70 valence electrons. The smallest absolute Gasteiger partial charge is 0.322 e. The summed E-state index contributed by atoms with van der Waals surface area (Å²) in [5, 5.41) is 5.16. The number of amides is 3. The van der Waals surface area contributed by atoms with E-state index in [0.717, 1.165) is 19.3 Å². The van der Waals surface area contributed by atoms with Crippen molar-refractivity contribution >= 4 is 11.9 Å². The van der Waals surface area contributed by atoms with Gasteiger partial charge < -0.3 is 5.32 Å². The number of rotatable bonds is 0. The number of urea groups is 1. The molecule has 4 nitrogen and oxygen atoms in total. The first-order valence-electron chi connectivity index (χ1n) is 4.84. The third-order valence-electron chi connectivity index (χ3n) is 3.82. The zero-order valence-corrected chi connectivity index (χ0v) is 7.30. The van der Waals surface area contributed by atoms with Gasteiger partial charge in [0.1, 0.15) is 5.54 Å². The molecule has 1 saturated heterocycles. The van der Waals surface area contributed by atoms with Crippen molar-refractivity contribution in [3.63, 3.8) is 0 Å².